The summed E-state index contributed by atoms with van der Waals surface area (Å²) >= 11 is 0. The first-order chi connectivity index (χ1) is 11.5. The minimum Gasteiger partial charge on any atom is -0.465 e. The number of anilines is 1. The maximum atomic E-state index is 12.2. The second-order valence-corrected chi connectivity index (χ2v) is 5.86. The second-order valence-electron chi connectivity index (χ2n) is 5.86. The molecule has 2 aromatic rings. The van der Waals surface area contributed by atoms with E-state index < -0.39 is 6.09 Å². The van der Waals surface area contributed by atoms with Gasteiger partial charge in [0.2, 0.25) is 5.95 Å². The van der Waals surface area contributed by atoms with Crippen LogP contribution >= 0.6 is 0 Å². The molecule has 0 aliphatic carbocycles. The summed E-state index contributed by atoms with van der Waals surface area (Å²) in [4.78, 5) is 33.0. The predicted molar refractivity (Wildman–Crippen MR) is 88.9 cm³/mol. The lowest BCUT2D eigenvalue weighted by Crippen LogP contribution is -2.29. The topological polar surface area (TPSA) is 100 Å². The lowest BCUT2D eigenvalue weighted by Gasteiger charge is -2.15. The molecule has 0 spiro atoms. The summed E-state index contributed by atoms with van der Waals surface area (Å²) in [7, 11) is 1.66. The van der Waals surface area contributed by atoms with Crippen LogP contribution in [0, 0.1) is 5.92 Å². The standard InChI is InChI=1S/C16H19N5O3/c1-20-14(22)8-13(12-2-5-17-6-3-12)19-15(20)18-9-11-4-7-21(10-11)16(23)24/h2-3,5-6,8,11H,4,7,9-10H2,1H3,(H,18,19)(H,23,24)/t11-/m1/s1. The first-order valence-corrected chi connectivity index (χ1v) is 7.75. The molecule has 24 heavy (non-hydrogen) atoms. The highest BCUT2D eigenvalue weighted by molar-refractivity contribution is 5.65. The molecule has 0 radical (unpaired) electrons. The molecule has 126 valence electrons. The van der Waals surface area contributed by atoms with Gasteiger partial charge in [-0.25, -0.2) is 9.78 Å². The van der Waals surface area contributed by atoms with E-state index in [1.807, 2.05) is 0 Å². The fourth-order valence-corrected chi connectivity index (χ4v) is 2.78. The van der Waals surface area contributed by atoms with Crippen molar-refractivity contribution >= 4 is 12.0 Å². The number of carbonyl (C=O) groups is 1. The van der Waals surface area contributed by atoms with Gasteiger partial charge in [-0.2, -0.15) is 0 Å². The Morgan fingerprint density at radius 1 is 1.42 bits per heavy atom. The smallest absolute Gasteiger partial charge is 0.407 e. The number of likely N-dealkylation sites (tertiary alicyclic amines) is 1. The minimum absolute atomic E-state index is 0.155. The lowest BCUT2D eigenvalue weighted by molar-refractivity contribution is 0.154. The Hall–Kier alpha value is -2.90. The molecule has 1 aliphatic rings. The number of amides is 1. The van der Waals surface area contributed by atoms with Crippen molar-refractivity contribution < 1.29 is 9.90 Å². The van der Waals surface area contributed by atoms with Gasteiger partial charge in [0, 0.05) is 50.7 Å². The predicted octanol–water partition coefficient (Wildman–Crippen LogP) is 1.25. The fourth-order valence-electron chi connectivity index (χ4n) is 2.78. The van der Waals surface area contributed by atoms with Gasteiger partial charge >= 0.3 is 6.09 Å². The highest BCUT2D eigenvalue weighted by atomic mass is 16.4. The molecule has 8 nitrogen and oxygen atoms in total. The fraction of sp³-hybridized carbons (Fsp3) is 0.375. The van der Waals surface area contributed by atoms with E-state index >= 15 is 0 Å². The van der Waals surface area contributed by atoms with E-state index in [-0.39, 0.29) is 11.5 Å². The number of carboxylic acid groups (broad SMARTS) is 1. The zero-order valence-electron chi connectivity index (χ0n) is 13.3. The number of aromatic nitrogens is 3. The molecule has 3 rings (SSSR count). The lowest BCUT2D eigenvalue weighted by atomic mass is 10.1. The van der Waals surface area contributed by atoms with Crippen molar-refractivity contribution in [1.82, 2.24) is 19.4 Å². The third-order valence-electron chi connectivity index (χ3n) is 4.22. The van der Waals surface area contributed by atoms with Gasteiger partial charge in [0.15, 0.2) is 0 Å². The molecule has 2 N–H and O–H groups in total. The van der Waals surface area contributed by atoms with E-state index in [0.717, 1.165) is 12.0 Å². The quantitative estimate of drug-likeness (QED) is 0.876. The SMILES string of the molecule is Cn1c(NC[C@H]2CCN(C(=O)O)C2)nc(-c2ccncc2)cc1=O. The van der Waals surface area contributed by atoms with Gasteiger partial charge in [0.25, 0.3) is 5.56 Å². The van der Waals surface area contributed by atoms with Crippen LogP contribution in [-0.2, 0) is 7.05 Å². The average molecular weight is 329 g/mol. The summed E-state index contributed by atoms with van der Waals surface area (Å²) in [6.07, 6.45) is 3.22. The first-order valence-electron chi connectivity index (χ1n) is 7.75. The number of nitrogens with zero attached hydrogens (tertiary/aromatic N) is 4. The van der Waals surface area contributed by atoms with Crippen LogP contribution in [0.2, 0.25) is 0 Å². The zero-order valence-corrected chi connectivity index (χ0v) is 13.3. The monoisotopic (exact) mass is 329 g/mol. The van der Waals surface area contributed by atoms with Gasteiger partial charge < -0.3 is 15.3 Å². The Balaban J connectivity index is 1.75. The minimum atomic E-state index is -0.886. The normalized spacial score (nSPS) is 17.0. The molecule has 0 unspecified atom stereocenters. The van der Waals surface area contributed by atoms with E-state index in [1.165, 1.54) is 15.5 Å². The van der Waals surface area contributed by atoms with Gasteiger partial charge in [-0.3, -0.25) is 14.3 Å². The van der Waals surface area contributed by atoms with Crippen molar-refractivity contribution in [1.29, 1.82) is 0 Å². The molecule has 2 aromatic heterocycles. The average Bonchev–Trinajstić information content (AvgIpc) is 3.06. The molecule has 1 atom stereocenters. The molecule has 8 heteroatoms. The third-order valence-corrected chi connectivity index (χ3v) is 4.22. The largest absolute Gasteiger partial charge is 0.465 e. The molecule has 1 saturated heterocycles. The van der Waals surface area contributed by atoms with E-state index in [2.05, 4.69) is 15.3 Å². The molecule has 0 bridgehead atoms. The summed E-state index contributed by atoms with van der Waals surface area (Å²) in [6, 6.07) is 5.09. The summed E-state index contributed by atoms with van der Waals surface area (Å²) in [5, 5.41) is 12.2. The van der Waals surface area contributed by atoms with Crippen LogP contribution in [0.4, 0.5) is 10.7 Å². The van der Waals surface area contributed by atoms with Crippen LogP contribution in [-0.4, -0.2) is 50.3 Å². The van der Waals surface area contributed by atoms with Crippen molar-refractivity contribution in [3.8, 4) is 11.3 Å². The molecule has 0 aromatic carbocycles. The number of nitrogens with one attached hydrogen (secondary N) is 1. The Kier molecular flexibility index (Phi) is 4.45. The summed E-state index contributed by atoms with van der Waals surface area (Å²) in [5.41, 5.74) is 1.25. The first kappa shape index (κ1) is 16.0. The van der Waals surface area contributed by atoms with Crippen LogP contribution in [0.3, 0.4) is 0 Å². The molecular weight excluding hydrogens is 310 g/mol. The molecule has 1 fully saturated rings. The van der Waals surface area contributed by atoms with Crippen LogP contribution in [0.1, 0.15) is 6.42 Å². The van der Waals surface area contributed by atoms with E-state index in [4.69, 9.17) is 5.11 Å². The second kappa shape index (κ2) is 6.69. The van der Waals surface area contributed by atoms with E-state index in [0.29, 0.717) is 31.3 Å². The van der Waals surface area contributed by atoms with Crippen LogP contribution in [0.15, 0.2) is 35.4 Å². The van der Waals surface area contributed by atoms with Gasteiger partial charge in [-0.05, 0) is 24.5 Å². The maximum Gasteiger partial charge on any atom is 0.407 e. The van der Waals surface area contributed by atoms with Crippen molar-refractivity contribution in [2.45, 2.75) is 6.42 Å². The highest BCUT2D eigenvalue weighted by Crippen LogP contribution is 2.18. The maximum absolute atomic E-state index is 12.2. The Morgan fingerprint density at radius 3 is 2.83 bits per heavy atom. The van der Waals surface area contributed by atoms with E-state index in [9.17, 15) is 9.59 Å². The van der Waals surface area contributed by atoms with Crippen molar-refractivity contribution in [2.24, 2.45) is 13.0 Å². The van der Waals surface area contributed by atoms with Gasteiger partial charge in [0.1, 0.15) is 0 Å². The van der Waals surface area contributed by atoms with Gasteiger partial charge in [0.05, 0.1) is 5.69 Å². The summed E-state index contributed by atoms with van der Waals surface area (Å²) < 4.78 is 1.45. The van der Waals surface area contributed by atoms with Crippen LogP contribution in [0.25, 0.3) is 11.3 Å². The number of rotatable bonds is 4. The number of hydrogen-bond acceptors (Lipinski definition) is 5. The van der Waals surface area contributed by atoms with Crippen molar-refractivity contribution in [3.05, 3.63) is 40.9 Å². The number of pyridine rings is 1. The Labute approximate surface area is 138 Å². The molecular formula is C16H19N5O3. The third kappa shape index (κ3) is 3.37. The highest BCUT2D eigenvalue weighted by Gasteiger charge is 2.25. The zero-order chi connectivity index (χ0) is 17.1. The van der Waals surface area contributed by atoms with Crippen molar-refractivity contribution in [2.75, 3.05) is 25.0 Å². The van der Waals surface area contributed by atoms with Gasteiger partial charge in [-0.1, -0.05) is 0 Å². The molecule has 1 aliphatic heterocycles. The van der Waals surface area contributed by atoms with E-state index in [1.54, 1.807) is 31.6 Å². The molecule has 0 saturated carbocycles. The molecule has 3 heterocycles. The van der Waals surface area contributed by atoms with Crippen LogP contribution < -0.4 is 10.9 Å². The Morgan fingerprint density at radius 2 is 2.17 bits per heavy atom. The summed E-state index contributed by atoms with van der Waals surface area (Å²) in [6.45, 7) is 1.62. The van der Waals surface area contributed by atoms with Crippen molar-refractivity contribution in [3.63, 3.8) is 0 Å². The number of hydrogen-bond donors (Lipinski definition) is 2. The Bertz CT molecular complexity index is 790. The van der Waals surface area contributed by atoms with Crippen LogP contribution in [0.5, 0.6) is 0 Å². The van der Waals surface area contributed by atoms with Gasteiger partial charge in [-0.15, -0.1) is 0 Å². The molecule has 1 amide bonds. The summed E-state index contributed by atoms with van der Waals surface area (Å²) in [5.74, 6) is 0.686.